The van der Waals surface area contributed by atoms with Gasteiger partial charge in [0.1, 0.15) is 24.8 Å². The Balaban J connectivity index is 1.92. The number of hydrogen-bond donors (Lipinski definition) is 0. The average molecular weight is 823 g/mol. The quantitative estimate of drug-likeness (QED) is 0.0468. The maximum absolute atomic E-state index is 2.66. The molecule has 0 spiro atoms. The summed E-state index contributed by atoms with van der Waals surface area (Å²) in [6.45, 7) is 13.9. The zero-order valence-corrected chi connectivity index (χ0v) is 40.9. The van der Waals surface area contributed by atoms with Crippen LogP contribution in [0.2, 0.25) is 0 Å². The molecule has 0 fully saturated rings. The van der Waals surface area contributed by atoms with E-state index >= 15 is 0 Å². The van der Waals surface area contributed by atoms with Crippen LogP contribution in [0, 0.1) is 0 Å². The van der Waals surface area contributed by atoms with Crippen LogP contribution in [-0.4, -0.2) is 9.13 Å². The second-order valence-electron chi connectivity index (χ2n) is 19.1. The van der Waals surface area contributed by atoms with Crippen LogP contribution < -0.4 is 9.13 Å². The lowest BCUT2D eigenvalue weighted by atomic mass is 10.0. The first-order valence-corrected chi connectivity index (χ1v) is 27.4. The summed E-state index contributed by atoms with van der Waals surface area (Å²) < 4.78 is 10.6. The summed E-state index contributed by atoms with van der Waals surface area (Å²) in [6, 6.07) is 0. The van der Waals surface area contributed by atoms with E-state index in [2.05, 4.69) is 70.8 Å². The standard InChI is InChI=1S/C55H106N4/c1-5-9-13-17-20-22-24-26-28-30-32-34-36-40-44-48-58-51-50-56(46-42-38-16-12-8-4)54(58)55-57(47-43-39-19-15-11-7-3)52-53-59(55)49-45-41-37-35-33-31-29-27-25-23-21-18-14-10-6-2/h50-53H,5-49H2,1-4H3/q+2. The van der Waals surface area contributed by atoms with Gasteiger partial charge in [0, 0.05) is 0 Å². The van der Waals surface area contributed by atoms with Crippen LogP contribution in [0.4, 0.5) is 0 Å². The van der Waals surface area contributed by atoms with E-state index in [0.29, 0.717) is 0 Å². The Hall–Kier alpha value is -1.58. The van der Waals surface area contributed by atoms with Crippen molar-refractivity contribution < 1.29 is 9.13 Å². The third-order valence-corrected chi connectivity index (χ3v) is 13.4. The summed E-state index contributed by atoms with van der Waals surface area (Å²) in [7, 11) is 0. The van der Waals surface area contributed by atoms with Gasteiger partial charge in [-0.25, -0.2) is 18.3 Å². The number of hydrogen-bond acceptors (Lipinski definition) is 0. The van der Waals surface area contributed by atoms with Crippen molar-refractivity contribution in [3.63, 3.8) is 0 Å². The normalized spacial score (nSPS) is 11.7. The molecule has 2 rings (SSSR count). The molecule has 4 heteroatoms. The minimum Gasteiger partial charge on any atom is -0.223 e. The molecule has 2 aromatic heterocycles. The van der Waals surface area contributed by atoms with Crippen molar-refractivity contribution in [1.82, 2.24) is 9.13 Å². The van der Waals surface area contributed by atoms with Crippen molar-refractivity contribution >= 4 is 0 Å². The number of aryl methyl sites for hydroxylation is 4. The summed E-state index contributed by atoms with van der Waals surface area (Å²) in [5, 5.41) is 0. The van der Waals surface area contributed by atoms with E-state index in [4.69, 9.17) is 0 Å². The Labute approximate surface area is 370 Å². The van der Waals surface area contributed by atoms with Crippen LogP contribution in [0.3, 0.4) is 0 Å². The molecule has 344 valence electrons. The molecule has 0 aliphatic carbocycles. The highest BCUT2D eigenvalue weighted by Crippen LogP contribution is 2.20. The molecule has 0 aliphatic rings. The van der Waals surface area contributed by atoms with Gasteiger partial charge in [0.05, 0.1) is 26.2 Å². The van der Waals surface area contributed by atoms with Gasteiger partial charge in [0.25, 0.3) is 0 Å². The maximum atomic E-state index is 2.66. The van der Waals surface area contributed by atoms with Gasteiger partial charge in [-0.05, 0) is 51.4 Å². The molecule has 0 aromatic carbocycles. The lowest BCUT2D eigenvalue weighted by Gasteiger charge is -2.08. The average Bonchev–Trinajstić information content (AvgIpc) is 3.84. The molecule has 4 nitrogen and oxygen atoms in total. The van der Waals surface area contributed by atoms with Crippen molar-refractivity contribution in [3.05, 3.63) is 24.8 Å². The van der Waals surface area contributed by atoms with E-state index in [1.54, 1.807) is 0 Å². The first-order valence-electron chi connectivity index (χ1n) is 27.4. The number of rotatable bonds is 46. The Bertz CT molecular complexity index is 1150. The number of nitrogens with zero attached hydrogens (tertiary/aromatic N) is 4. The van der Waals surface area contributed by atoms with Gasteiger partial charge in [0.15, 0.2) is 0 Å². The summed E-state index contributed by atoms with van der Waals surface area (Å²) in [4.78, 5) is 0. The fraction of sp³-hybridized carbons (Fsp3) is 0.891. The fourth-order valence-electron chi connectivity index (χ4n) is 9.42. The van der Waals surface area contributed by atoms with E-state index in [9.17, 15) is 0 Å². The van der Waals surface area contributed by atoms with Gasteiger partial charge >= 0.3 is 11.6 Å². The van der Waals surface area contributed by atoms with Gasteiger partial charge in [-0.15, -0.1) is 0 Å². The summed E-state index contributed by atoms with van der Waals surface area (Å²) in [5.41, 5.74) is 0. The van der Waals surface area contributed by atoms with Crippen molar-refractivity contribution in [3.8, 4) is 11.6 Å². The van der Waals surface area contributed by atoms with Crippen LogP contribution in [0.1, 0.15) is 291 Å². The van der Waals surface area contributed by atoms with E-state index in [1.807, 2.05) is 0 Å². The van der Waals surface area contributed by atoms with Crippen LogP contribution in [0.5, 0.6) is 0 Å². The van der Waals surface area contributed by atoms with Gasteiger partial charge < -0.3 is 0 Å². The summed E-state index contributed by atoms with van der Waals surface area (Å²) >= 11 is 0. The Morgan fingerprint density at radius 2 is 0.475 bits per heavy atom. The largest absolute Gasteiger partial charge is 0.373 e. The van der Waals surface area contributed by atoms with Gasteiger partial charge in [-0.2, -0.15) is 0 Å². The van der Waals surface area contributed by atoms with Crippen LogP contribution in [0.15, 0.2) is 24.8 Å². The third-order valence-electron chi connectivity index (χ3n) is 13.4. The molecule has 0 saturated carbocycles. The molecule has 0 atom stereocenters. The molecule has 2 aromatic rings. The first kappa shape index (κ1) is 53.6. The SMILES string of the molecule is CCCCCCCCCCCCCCCCCn1cc[n+](CCCCCCC)c1-c1n(CCCCCCCC)cc[n+]1CCCCCCCCCCCCCCCCC. The second kappa shape index (κ2) is 40.5. The zero-order valence-electron chi connectivity index (χ0n) is 40.9. The highest BCUT2D eigenvalue weighted by Gasteiger charge is 2.32. The summed E-state index contributed by atoms with van der Waals surface area (Å²) in [5.74, 6) is 2.95. The van der Waals surface area contributed by atoms with Crippen LogP contribution in [0.25, 0.3) is 11.6 Å². The first-order chi connectivity index (χ1) is 29.3. The predicted octanol–water partition coefficient (Wildman–Crippen LogP) is 17.6. The minimum atomic E-state index is 1.14. The lowest BCUT2D eigenvalue weighted by Crippen LogP contribution is -2.43. The Morgan fingerprint density at radius 3 is 0.712 bits per heavy atom. The van der Waals surface area contributed by atoms with E-state index in [1.165, 1.54) is 275 Å². The number of imidazole rings is 2. The van der Waals surface area contributed by atoms with Crippen molar-refractivity contribution in [2.45, 2.75) is 317 Å². The topological polar surface area (TPSA) is 17.6 Å². The molecule has 2 heterocycles. The van der Waals surface area contributed by atoms with E-state index < -0.39 is 0 Å². The smallest absolute Gasteiger partial charge is 0.223 e. The van der Waals surface area contributed by atoms with Crippen LogP contribution >= 0.6 is 0 Å². The molecule has 0 aliphatic heterocycles. The number of aromatic nitrogens is 4. The summed E-state index contributed by atoms with van der Waals surface area (Å²) in [6.07, 6.45) is 67.4. The molecule has 0 saturated heterocycles. The highest BCUT2D eigenvalue weighted by atomic mass is 15.2. The maximum Gasteiger partial charge on any atom is 0.373 e. The molecule has 0 radical (unpaired) electrons. The van der Waals surface area contributed by atoms with Gasteiger partial charge in [-0.3, -0.25) is 0 Å². The van der Waals surface area contributed by atoms with E-state index in [0.717, 1.165) is 26.2 Å². The fourth-order valence-corrected chi connectivity index (χ4v) is 9.42. The van der Waals surface area contributed by atoms with Crippen molar-refractivity contribution in [1.29, 1.82) is 0 Å². The van der Waals surface area contributed by atoms with Gasteiger partial charge in [-0.1, -0.05) is 240 Å². The zero-order chi connectivity index (χ0) is 42.1. The van der Waals surface area contributed by atoms with Crippen molar-refractivity contribution in [2.75, 3.05) is 0 Å². The van der Waals surface area contributed by atoms with Gasteiger partial charge in [0.2, 0.25) is 0 Å². The van der Waals surface area contributed by atoms with E-state index in [-0.39, 0.29) is 0 Å². The molecule has 0 bridgehead atoms. The molecular formula is C55H106N4+2. The molecular weight excluding hydrogens is 717 g/mol. The number of unbranched alkanes of at least 4 members (excludes halogenated alkanes) is 37. The molecule has 0 N–H and O–H groups in total. The van der Waals surface area contributed by atoms with Crippen LogP contribution in [-0.2, 0) is 26.2 Å². The third kappa shape index (κ3) is 27.9. The van der Waals surface area contributed by atoms with Crippen molar-refractivity contribution in [2.24, 2.45) is 0 Å². The monoisotopic (exact) mass is 823 g/mol. The highest BCUT2D eigenvalue weighted by molar-refractivity contribution is 5.36. The molecule has 59 heavy (non-hydrogen) atoms. The predicted molar refractivity (Wildman–Crippen MR) is 260 cm³/mol. The second-order valence-corrected chi connectivity index (χ2v) is 19.1. The molecule has 0 unspecified atom stereocenters. The molecule has 0 amide bonds. The minimum absolute atomic E-state index is 1.14. The Morgan fingerprint density at radius 1 is 0.271 bits per heavy atom. The Kier molecular flexibility index (Phi) is 36.8. The lowest BCUT2D eigenvalue weighted by molar-refractivity contribution is -0.715.